The number of rotatable bonds is 5. The van der Waals surface area contributed by atoms with Gasteiger partial charge in [0.05, 0.1) is 5.41 Å². The molecule has 1 saturated heterocycles. The Kier molecular flexibility index (Phi) is 4.68. The predicted octanol–water partition coefficient (Wildman–Crippen LogP) is 0.738. The minimum absolute atomic E-state index is 0.236. The second-order valence-corrected chi connectivity index (χ2v) is 4.87. The van der Waals surface area contributed by atoms with Crippen LogP contribution in [0.2, 0.25) is 0 Å². The molecular weight excluding hydrogens is 226 g/mol. The highest BCUT2D eigenvalue weighted by Gasteiger charge is 2.30. The zero-order valence-electron chi connectivity index (χ0n) is 10.3. The van der Waals surface area contributed by atoms with Crippen molar-refractivity contribution in [3.63, 3.8) is 0 Å². The third kappa shape index (κ3) is 4.56. The first-order valence-electron chi connectivity index (χ1n) is 5.75. The molecule has 0 aromatic carbocycles. The predicted molar refractivity (Wildman–Crippen MR) is 60.3 cm³/mol. The maximum absolute atomic E-state index is 11.9. The second-order valence-electron chi connectivity index (χ2n) is 4.87. The van der Waals surface area contributed by atoms with Crippen LogP contribution in [-0.4, -0.2) is 35.7 Å². The van der Waals surface area contributed by atoms with Gasteiger partial charge in [-0.1, -0.05) is 6.42 Å². The molecule has 1 heterocycles. The molecule has 1 amide bonds. The Morgan fingerprint density at radius 3 is 2.53 bits per heavy atom. The van der Waals surface area contributed by atoms with E-state index in [1.807, 2.05) is 5.01 Å². The first-order valence-corrected chi connectivity index (χ1v) is 5.75. The lowest BCUT2D eigenvalue weighted by atomic mass is 9.94. The van der Waals surface area contributed by atoms with Gasteiger partial charge in [0.2, 0.25) is 5.91 Å². The number of carbonyl (C=O) groups excluding carboxylic acids is 1. The van der Waals surface area contributed by atoms with E-state index in [4.69, 9.17) is 0 Å². The highest BCUT2D eigenvalue weighted by atomic mass is 16.9. The Balaban J connectivity index is 2.40. The average Bonchev–Trinajstić information content (AvgIpc) is 2.28. The van der Waals surface area contributed by atoms with Crippen LogP contribution in [0.1, 0.15) is 33.1 Å². The van der Waals surface area contributed by atoms with Crippen LogP contribution in [0.15, 0.2) is 0 Å². The molecule has 0 unspecified atom stereocenters. The molecule has 0 spiro atoms. The van der Waals surface area contributed by atoms with Gasteiger partial charge in [0.25, 0.3) is 5.09 Å². The topological polar surface area (TPSA) is 84.7 Å². The molecule has 1 fully saturated rings. The van der Waals surface area contributed by atoms with E-state index in [1.54, 1.807) is 13.8 Å². The first-order chi connectivity index (χ1) is 7.92. The summed E-state index contributed by atoms with van der Waals surface area (Å²) < 4.78 is 0. The zero-order valence-corrected chi connectivity index (χ0v) is 10.3. The van der Waals surface area contributed by atoms with Crippen LogP contribution in [-0.2, 0) is 9.63 Å². The lowest BCUT2D eigenvalue weighted by Crippen LogP contribution is -2.51. The van der Waals surface area contributed by atoms with Crippen LogP contribution in [0.4, 0.5) is 0 Å². The van der Waals surface area contributed by atoms with E-state index in [9.17, 15) is 14.9 Å². The van der Waals surface area contributed by atoms with Crippen molar-refractivity contribution in [1.29, 1.82) is 0 Å². The van der Waals surface area contributed by atoms with Gasteiger partial charge in [-0.15, -0.1) is 10.1 Å². The lowest BCUT2D eigenvalue weighted by Gasteiger charge is -2.31. The number of carbonyl (C=O) groups is 1. The molecule has 0 saturated carbocycles. The Hall–Kier alpha value is -1.37. The van der Waals surface area contributed by atoms with Crippen molar-refractivity contribution in [2.24, 2.45) is 5.41 Å². The Bertz CT molecular complexity index is 287. The van der Waals surface area contributed by atoms with Crippen LogP contribution < -0.4 is 5.43 Å². The van der Waals surface area contributed by atoms with E-state index in [0.29, 0.717) is 0 Å². The highest BCUT2D eigenvalue weighted by Crippen LogP contribution is 2.16. The van der Waals surface area contributed by atoms with Gasteiger partial charge in [0, 0.05) is 13.1 Å². The average molecular weight is 245 g/mol. The van der Waals surface area contributed by atoms with E-state index in [2.05, 4.69) is 10.3 Å². The summed E-state index contributed by atoms with van der Waals surface area (Å²) in [5.41, 5.74) is 1.86. The van der Waals surface area contributed by atoms with Crippen molar-refractivity contribution in [3.05, 3.63) is 10.1 Å². The Morgan fingerprint density at radius 2 is 2.00 bits per heavy atom. The molecule has 7 nitrogen and oxygen atoms in total. The molecule has 1 rings (SSSR count). The van der Waals surface area contributed by atoms with Crippen molar-refractivity contribution in [3.8, 4) is 0 Å². The third-order valence-electron chi connectivity index (χ3n) is 2.76. The summed E-state index contributed by atoms with van der Waals surface area (Å²) in [7, 11) is 0. The van der Waals surface area contributed by atoms with Gasteiger partial charge in [0.1, 0.15) is 6.61 Å². The maximum atomic E-state index is 11.9. The summed E-state index contributed by atoms with van der Waals surface area (Å²) in [5.74, 6) is -0.249. The molecule has 1 aliphatic heterocycles. The summed E-state index contributed by atoms with van der Waals surface area (Å²) in [6.45, 7) is 4.67. The van der Waals surface area contributed by atoms with Crippen molar-refractivity contribution in [1.82, 2.24) is 10.4 Å². The molecule has 1 N–H and O–H groups in total. The molecule has 0 aromatic heterocycles. The second kappa shape index (κ2) is 5.81. The highest BCUT2D eigenvalue weighted by molar-refractivity contribution is 5.81. The lowest BCUT2D eigenvalue weighted by molar-refractivity contribution is -0.760. The number of hydrazine groups is 1. The maximum Gasteiger partial charge on any atom is 0.294 e. The van der Waals surface area contributed by atoms with Gasteiger partial charge in [0.15, 0.2) is 0 Å². The summed E-state index contributed by atoms with van der Waals surface area (Å²) in [6.07, 6.45) is 3.30. The molecule has 0 bridgehead atoms. The molecule has 0 radical (unpaired) electrons. The summed E-state index contributed by atoms with van der Waals surface area (Å²) in [5, 5.41) is 11.1. The largest absolute Gasteiger partial charge is 0.313 e. The van der Waals surface area contributed by atoms with Gasteiger partial charge in [-0.05, 0) is 26.7 Å². The number of hydrogen-bond acceptors (Lipinski definition) is 5. The van der Waals surface area contributed by atoms with Crippen molar-refractivity contribution in [2.45, 2.75) is 33.1 Å². The molecule has 7 heteroatoms. The number of amides is 1. The van der Waals surface area contributed by atoms with E-state index in [0.717, 1.165) is 25.9 Å². The SMILES string of the molecule is CC(C)(CO[N+](=O)[O-])C(=O)NN1CCCCC1. The van der Waals surface area contributed by atoms with Crippen LogP contribution in [0.5, 0.6) is 0 Å². The third-order valence-corrected chi connectivity index (χ3v) is 2.76. The molecular formula is C10H19N3O4. The molecule has 0 aromatic rings. The number of nitrogens with zero attached hydrogens (tertiary/aromatic N) is 2. The first kappa shape index (κ1) is 13.7. The normalized spacial score (nSPS) is 17.5. The van der Waals surface area contributed by atoms with Crippen molar-refractivity contribution in [2.75, 3.05) is 19.7 Å². The fourth-order valence-corrected chi connectivity index (χ4v) is 1.58. The molecule has 0 atom stereocenters. The monoisotopic (exact) mass is 245 g/mol. The van der Waals surface area contributed by atoms with E-state index in [-0.39, 0.29) is 12.5 Å². The van der Waals surface area contributed by atoms with E-state index >= 15 is 0 Å². The van der Waals surface area contributed by atoms with Gasteiger partial charge in [-0.25, -0.2) is 5.01 Å². The zero-order chi connectivity index (χ0) is 12.9. The minimum Gasteiger partial charge on any atom is -0.313 e. The number of piperidine rings is 1. The number of hydrogen-bond donors (Lipinski definition) is 1. The van der Waals surface area contributed by atoms with Gasteiger partial charge < -0.3 is 4.84 Å². The fourth-order valence-electron chi connectivity index (χ4n) is 1.58. The number of nitrogens with one attached hydrogen (secondary N) is 1. The van der Waals surface area contributed by atoms with Crippen LogP contribution in [0, 0.1) is 15.5 Å². The van der Waals surface area contributed by atoms with Crippen LogP contribution in [0.3, 0.4) is 0 Å². The molecule has 0 aliphatic carbocycles. The van der Waals surface area contributed by atoms with Gasteiger partial charge in [-0.2, -0.15) is 0 Å². The van der Waals surface area contributed by atoms with Crippen molar-refractivity contribution < 1.29 is 14.7 Å². The Labute approximate surface area is 100 Å². The quantitative estimate of drug-likeness (QED) is 0.570. The summed E-state index contributed by atoms with van der Waals surface area (Å²) in [4.78, 5) is 26.2. The molecule has 98 valence electrons. The minimum atomic E-state index is -0.912. The van der Waals surface area contributed by atoms with Gasteiger partial charge >= 0.3 is 0 Å². The van der Waals surface area contributed by atoms with E-state index in [1.165, 1.54) is 6.42 Å². The summed E-state index contributed by atoms with van der Waals surface area (Å²) >= 11 is 0. The van der Waals surface area contributed by atoms with Gasteiger partial charge in [-0.3, -0.25) is 10.2 Å². The summed E-state index contributed by atoms with van der Waals surface area (Å²) in [6, 6.07) is 0. The molecule has 1 aliphatic rings. The van der Waals surface area contributed by atoms with Crippen LogP contribution in [0.25, 0.3) is 0 Å². The van der Waals surface area contributed by atoms with Crippen molar-refractivity contribution >= 4 is 5.91 Å². The fraction of sp³-hybridized carbons (Fsp3) is 0.900. The Morgan fingerprint density at radius 1 is 1.41 bits per heavy atom. The van der Waals surface area contributed by atoms with Crippen LogP contribution >= 0.6 is 0 Å². The molecule has 17 heavy (non-hydrogen) atoms. The smallest absolute Gasteiger partial charge is 0.294 e. The standard InChI is InChI=1S/C10H19N3O4/c1-10(2,8-17-13(15)16)9(14)11-12-6-4-3-5-7-12/h3-8H2,1-2H3,(H,11,14). The van der Waals surface area contributed by atoms with E-state index < -0.39 is 10.5 Å².